The summed E-state index contributed by atoms with van der Waals surface area (Å²) in [5, 5.41) is 9.40. The second kappa shape index (κ2) is 6.77. The molecule has 3 nitrogen and oxygen atoms in total. The van der Waals surface area contributed by atoms with E-state index in [1.807, 2.05) is 31.2 Å². The van der Waals surface area contributed by atoms with Crippen LogP contribution in [0.15, 0.2) is 36.4 Å². The minimum Gasteiger partial charge on any atom is -0.494 e. The molecule has 1 N–H and O–H groups in total. The number of benzene rings is 1. The van der Waals surface area contributed by atoms with E-state index in [1.165, 1.54) is 11.3 Å². The Balaban J connectivity index is 2.20. The molecule has 20 heavy (non-hydrogen) atoms. The van der Waals surface area contributed by atoms with Gasteiger partial charge in [-0.1, -0.05) is 23.7 Å². The number of halogens is 1. The fourth-order valence-electron chi connectivity index (χ4n) is 1.99. The first-order valence-corrected chi connectivity index (χ1v) is 7.49. The third kappa shape index (κ3) is 3.74. The molecule has 0 aliphatic rings. The second-order valence-corrected chi connectivity index (χ2v) is 6.06. The van der Waals surface area contributed by atoms with Crippen LogP contribution in [0, 0.1) is 0 Å². The van der Waals surface area contributed by atoms with E-state index in [-0.39, 0.29) is 0 Å². The third-order valence-electron chi connectivity index (χ3n) is 2.88. The van der Waals surface area contributed by atoms with Gasteiger partial charge in [-0.3, -0.25) is 4.79 Å². The number of ether oxygens (including phenoxy) is 1. The van der Waals surface area contributed by atoms with Crippen LogP contribution >= 0.6 is 22.9 Å². The van der Waals surface area contributed by atoms with Crippen LogP contribution in [-0.4, -0.2) is 17.7 Å². The maximum absolute atomic E-state index is 11.5. The van der Waals surface area contributed by atoms with Gasteiger partial charge >= 0.3 is 5.97 Å². The Morgan fingerprint density at radius 3 is 2.80 bits per heavy atom. The molecule has 0 spiro atoms. The predicted molar refractivity (Wildman–Crippen MR) is 81.0 cm³/mol. The first kappa shape index (κ1) is 14.9. The minimum absolute atomic E-state index is 0.424. The molecule has 2 aromatic rings. The predicted octanol–water partition coefficient (Wildman–Crippen LogP) is 4.21. The number of hydrogen-bond acceptors (Lipinski definition) is 3. The Kier molecular flexibility index (Phi) is 5.04. The lowest BCUT2D eigenvalue weighted by Crippen LogP contribution is -2.13. The number of carboxylic acid groups (broad SMARTS) is 1. The maximum Gasteiger partial charge on any atom is 0.312 e. The van der Waals surface area contributed by atoms with Crippen molar-refractivity contribution in [1.82, 2.24) is 0 Å². The zero-order valence-corrected chi connectivity index (χ0v) is 12.6. The summed E-state index contributed by atoms with van der Waals surface area (Å²) in [6.07, 6.45) is 0.424. The van der Waals surface area contributed by atoms with Crippen LogP contribution in [0.4, 0.5) is 0 Å². The molecular weight excluding hydrogens is 296 g/mol. The first-order valence-electron chi connectivity index (χ1n) is 6.30. The van der Waals surface area contributed by atoms with E-state index in [0.29, 0.717) is 17.4 Å². The van der Waals surface area contributed by atoms with E-state index in [9.17, 15) is 9.90 Å². The summed E-state index contributed by atoms with van der Waals surface area (Å²) >= 11 is 7.20. The Bertz CT molecular complexity index is 594. The molecule has 2 rings (SSSR count). The lowest BCUT2D eigenvalue weighted by Gasteiger charge is -2.11. The van der Waals surface area contributed by atoms with Gasteiger partial charge in [-0.15, -0.1) is 11.3 Å². The van der Waals surface area contributed by atoms with Gasteiger partial charge < -0.3 is 9.84 Å². The molecule has 106 valence electrons. The molecule has 5 heteroatoms. The van der Waals surface area contributed by atoms with Gasteiger partial charge in [0.05, 0.1) is 16.9 Å². The highest BCUT2D eigenvalue weighted by molar-refractivity contribution is 7.16. The van der Waals surface area contributed by atoms with Crippen LogP contribution in [0.25, 0.3) is 0 Å². The standard InChI is InChI=1S/C15H15ClO3S/c1-2-19-11-5-3-4-10(8-11)9-12(15(17)18)13-6-7-14(16)20-13/h3-8,12H,2,9H2,1H3,(H,17,18). The normalized spacial score (nSPS) is 12.1. The number of carbonyl (C=O) groups is 1. The average Bonchev–Trinajstić information content (AvgIpc) is 2.83. The number of carboxylic acids is 1. The topological polar surface area (TPSA) is 46.5 Å². The van der Waals surface area contributed by atoms with Crippen LogP contribution < -0.4 is 4.74 Å². The highest BCUT2D eigenvalue weighted by atomic mass is 35.5. The lowest BCUT2D eigenvalue weighted by atomic mass is 9.98. The summed E-state index contributed by atoms with van der Waals surface area (Å²) in [6, 6.07) is 11.0. The molecule has 0 aliphatic carbocycles. The fourth-order valence-corrected chi connectivity index (χ4v) is 3.14. The van der Waals surface area contributed by atoms with Crippen LogP contribution in [0.2, 0.25) is 4.34 Å². The summed E-state index contributed by atoms with van der Waals surface area (Å²) < 4.78 is 6.04. The Morgan fingerprint density at radius 1 is 1.40 bits per heavy atom. The monoisotopic (exact) mass is 310 g/mol. The van der Waals surface area contributed by atoms with E-state index >= 15 is 0 Å². The van der Waals surface area contributed by atoms with E-state index in [2.05, 4.69) is 0 Å². The zero-order valence-electron chi connectivity index (χ0n) is 11.0. The summed E-state index contributed by atoms with van der Waals surface area (Å²) in [5.74, 6) is -0.659. The molecule has 1 unspecified atom stereocenters. The molecule has 1 aromatic heterocycles. The third-order valence-corrected chi connectivity index (χ3v) is 4.23. The Labute approximate surface area is 126 Å². The van der Waals surface area contributed by atoms with Gasteiger partial charge in [0, 0.05) is 4.88 Å². The Morgan fingerprint density at radius 2 is 2.20 bits per heavy atom. The molecule has 1 atom stereocenters. The number of rotatable bonds is 6. The van der Waals surface area contributed by atoms with Crippen LogP contribution in [0.1, 0.15) is 23.3 Å². The van der Waals surface area contributed by atoms with Crippen molar-refractivity contribution in [1.29, 1.82) is 0 Å². The van der Waals surface area contributed by atoms with Gasteiger partial charge in [-0.25, -0.2) is 0 Å². The van der Waals surface area contributed by atoms with Gasteiger partial charge in [0.2, 0.25) is 0 Å². The Hall–Kier alpha value is -1.52. The van der Waals surface area contributed by atoms with E-state index < -0.39 is 11.9 Å². The summed E-state index contributed by atoms with van der Waals surface area (Å²) in [4.78, 5) is 12.2. The molecule has 0 radical (unpaired) electrons. The van der Waals surface area contributed by atoms with E-state index in [4.69, 9.17) is 16.3 Å². The first-order chi connectivity index (χ1) is 9.60. The van der Waals surface area contributed by atoms with Crippen molar-refractivity contribution >= 4 is 28.9 Å². The quantitative estimate of drug-likeness (QED) is 0.869. The van der Waals surface area contributed by atoms with Gasteiger partial charge in [-0.05, 0) is 43.2 Å². The van der Waals surface area contributed by atoms with Gasteiger partial charge in [0.15, 0.2) is 0 Å². The number of hydrogen-bond donors (Lipinski definition) is 1. The molecule has 1 aromatic carbocycles. The fraction of sp³-hybridized carbons (Fsp3) is 0.267. The van der Waals surface area contributed by atoms with Crippen molar-refractivity contribution in [2.75, 3.05) is 6.61 Å². The van der Waals surface area contributed by atoms with E-state index in [1.54, 1.807) is 12.1 Å². The van der Waals surface area contributed by atoms with Gasteiger partial charge in [0.25, 0.3) is 0 Å². The molecular formula is C15H15ClO3S. The number of aliphatic carboxylic acids is 1. The van der Waals surface area contributed by atoms with Crippen molar-refractivity contribution in [3.05, 3.63) is 51.2 Å². The summed E-state index contributed by atoms with van der Waals surface area (Å²) in [6.45, 7) is 2.51. The van der Waals surface area contributed by atoms with Crippen molar-refractivity contribution < 1.29 is 14.6 Å². The average molecular weight is 311 g/mol. The molecule has 0 bridgehead atoms. The highest BCUT2D eigenvalue weighted by Crippen LogP contribution is 2.31. The van der Waals surface area contributed by atoms with Crippen molar-refractivity contribution in [2.45, 2.75) is 19.3 Å². The molecule has 0 amide bonds. The number of thiophene rings is 1. The van der Waals surface area contributed by atoms with Crippen molar-refractivity contribution in [3.63, 3.8) is 0 Å². The SMILES string of the molecule is CCOc1cccc(CC(C(=O)O)c2ccc(Cl)s2)c1. The van der Waals surface area contributed by atoms with Crippen molar-refractivity contribution in [3.8, 4) is 5.75 Å². The maximum atomic E-state index is 11.5. The summed E-state index contributed by atoms with van der Waals surface area (Å²) in [7, 11) is 0. The lowest BCUT2D eigenvalue weighted by molar-refractivity contribution is -0.138. The smallest absolute Gasteiger partial charge is 0.312 e. The largest absolute Gasteiger partial charge is 0.494 e. The molecule has 0 saturated carbocycles. The van der Waals surface area contributed by atoms with Gasteiger partial charge in [-0.2, -0.15) is 0 Å². The zero-order chi connectivity index (χ0) is 14.5. The molecule has 1 heterocycles. The van der Waals surface area contributed by atoms with Crippen molar-refractivity contribution in [2.24, 2.45) is 0 Å². The van der Waals surface area contributed by atoms with Crippen LogP contribution in [0.5, 0.6) is 5.75 Å². The van der Waals surface area contributed by atoms with Gasteiger partial charge in [0.1, 0.15) is 5.75 Å². The second-order valence-electron chi connectivity index (χ2n) is 4.32. The molecule has 0 fully saturated rings. The van der Waals surface area contributed by atoms with E-state index in [0.717, 1.165) is 16.2 Å². The minimum atomic E-state index is -0.842. The molecule has 0 saturated heterocycles. The molecule has 0 aliphatic heterocycles. The highest BCUT2D eigenvalue weighted by Gasteiger charge is 2.22. The van der Waals surface area contributed by atoms with Crippen LogP contribution in [-0.2, 0) is 11.2 Å². The van der Waals surface area contributed by atoms with Crippen LogP contribution in [0.3, 0.4) is 0 Å². The summed E-state index contributed by atoms with van der Waals surface area (Å²) in [5.41, 5.74) is 0.938.